The van der Waals surface area contributed by atoms with E-state index >= 15 is 0 Å². The van der Waals surface area contributed by atoms with E-state index in [1.54, 1.807) is 36.9 Å². The van der Waals surface area contributed by atoms with E-state index in [2.05, 4.69) is 0 Å². The summed E-state index contributed by atoms with van der Waals surface area (Å²) in [5, 5.41) is 0. The number of hydrogen-bond acceptors (Lipinski definition) is 4. The van der Waals surface area contributed by atoms with Gasteiger partial charge in [-0.2, -0.15) is 0 Å². The first-order chi connectivity index (χ1) is 10.0. The number of carbonyl (C=O) groups excluding carboxylic acids is 2. The van der Waals surface area contributed by atoms with Gasteiger partial charge in [0.1, 0.15) is 0 Å². The third-order valence-corrected chi connectivity index (χ3v) is 3.89. The fourth-order valence-electron chi connectivity index (χ4n) is 2.52. The number of piperidine rings is 1. The zero-order valence-corrected chi connectivity index (χ0v) is 12.6. The molecular formula is C16H22N2O3. The molecule has 1 heterocycles. The van der Waals surface area contributed by atoms with Crippen LogP contribution in [0.5, 0.6) is 0 Å². The Kier molecular flexibility index (Phi) is 4.83. The van der Waals surface area contributed by atoms with Crippen LogP contribution in [-0.2, 0) is 9.53 Å². The lowest BCUT2D eigenvalue weighted by molar-refractivity contribution is -0.140. The van der Waals surface area contributed by atoms with Gasteiger partial charge in [0.2, 0.25) is 0 Å². The highest BCUT2D eigenvalue weighted by molar-refractivity contribution is 5.94. The molecule has 1 aromatic rings. The van der Waals surface area contributed by atoms with Crippen LogP contribution in [0.1, 0.15) is 42.1 Å². The quantitative estimate of drug-likeness (QED) is 0.683. The molecule has 5 heteroatoms. The molecule has 1 aliphatic rings. The number of hydrogen-bond donors (Lipinski definition) is 1. The zero-order chi connectivity index (χ0) is 15.4. The molecule has 0 bridgehead atoms. The van der Waals surface area contributed by atoms with Crippen LogP contribution < -0.4 is 5.73 Å². The van der Waals surface area contributed by atoms with Crippen molar-refractivity contribution in [3.63, 3.8) is 0 Å². The molecular weight excluding hydrogens is 268 g/mol. The highest BCUT2D eigenvalue weighted by Crippen LogP contribution is 2.18. The van der Waals surface area contributed by atoms with Crippen LogP contribution in [0.2, 0.25) is 0 Å². The van der Waals surface area contributed by atoms with Crippen molar-refractivity contribution in [2.45, 2.75) is 39.2 Å². The maximum absolute atomic E-state index is 12.2. The Labute approximate surface area is 125 Å². The van der Waals surface area contributed by atoms with Crippen molar-refractivity contribution < 1.29 is 14.3 Å². The minimum atomic E-state index is -0.767. The normalized spacial score (nSPS) is 16.4. The summed E-state index contributed by atoms with van der Waals surface area (Å²) in [6, 6.07) is 5.09. The summed E-state index contributed by atoms with van der Waals surface area (Å²) in [5.74, 6) is -0.623. The molecule has 1 atom stereocenters. The van der Waals surface area contributed by atoms with Gasteiger partial charge < -0.3 is 15.4 Å². The third kappa shape index (κ3) is 3.54. The van der Waals surface area contributed by atoms with E-state index < -0.39 is 12.1 Å². The molecule has 0 aliphatic carbocycles. The van der Waals surface area contributed by atoms with Crippen molar-refractivity contribution in [2.24, 2.45) is 0 Å². The monoisotopic (exact) mass is 290 g/mol. The average Bonchev–Trinajstić information content (AvgIpc) is 2.50. The van der Waals surface area contributed by atoms with Crippen molar-refractivity contribution in [3.8, 4) is 0 Å². The topological polar surface area (TPSA) is 72.6 Å². The van der Waals surface area contributed by atoms with Crippen molar-refractivity contribution >= 4 is 17.6 Å². The summed E-state index contributed by atoms with van der Waals surface area (Å²) < 4.78 is 5.30. The van der Waals surface area contributed by atoms with Crippen LogP contribution in [0.15, 0.2) is 18.2 Å². The molecule has 1 amide bonds. The Morgan fingerprint density at radius 2 is 1.90 bits per heavy atom. The van der Waals surface area contributed by atoms with Gasteiger partial charge in [-0.05, 0) is 50.8 Å². The lowest BCUT2D eigenvalue weighted by Gasteiger charge is -2.29. The van der Waals surface area contributed by atoms with Crippen molar-refractivity contribution in [1.29, 1.82) is 0 Å². The molecule has 0 radical (unpaired) electrons. The van der Waals surface area contributed by atoms with E-state index in [1.165, 1.54) is 0 Å². The number of carbonyl (C=O) groups is 2. The van der Waals surface area contributed by atoms with E-state index in [9.17, 15) is 9.59 Å². The van der Waals surface area contributed by atoms with Gasteiger partial charge >= 0.3 is 5.97 Å². The van der Waals surface area contributed by atoms with Gasteiger partial charge in [0.25, 0.3) is 5.91 Å². The Bertz CT molecular complexity index is 536. The summed E-state index contributed by atoms with van der Waals surface area (Å²) in [7, 11) is 0. The fraction of sp³-hybridized carbons (Fsp3) is 0.500. The molecule has 114 valence electrons. The highest BCUT2D eigenvalue weighted by Gasteiger charge is 2.26. The van der Waals surface area contributed by atoms with Crippen LogP contribution in [-0.4, -0.2) is 36.0 Å². The lowest BCUT2D eigenvalue weighted by Crippen LogP contribution is -2.42. The number of ether oxygens (including phenoxy) is 1. The molecule has 21 heavy (non-hydrogen) atoms. The largest absolute Gasteiger partial charge is 0.449 e. The third-order valence-electron chi connectivity index (χ3n) is 3.89. The maximum Gasteiger partial charge on any atom is 0.339 e. The van der Waals surface area contributed by atoms with Gasteiger partial charge in [0, 0.05) is 18.8 Å². The number of likely N-dealkylation sites (tertiary alicyclic amines) is 1. The number of nitrogens with two attached hydrogens (primary N) is 1. The summed E-state index contributed by atoms with van der Waals surface area (Å²) in [5.41, 5.74) is 7.42. The number of rotatable bonds is 3. The van der Waals surface area contributed by atoms with Gasteiger partial charge in [-0.15, -0.1) is 0 Å². The molecule has 2 N–H and O–H groups in total. The highest BCUT2D eigenvalue weighted by atomic mass is 16.5. The summed E-state index contributed by atoms with van der Waals surface area (Å²) in [6.45, 7) is 4.88. The molecule has 1 aromatic carbocycles. The molecule has 0 aromatic heterocycles. The number of anilines is 1. The van der Waals surface area contributed by atoms with E-state index in [1.807, 2.05) is 0 Å². The first-order valence-electron chi connectivity index (χ1n) is 7.35. The van der Waals surface area contributed by atoms with Crippen molar-refractivity contribution in [3.05, 3.63) is 29.3 Å². The molecule has 1 saturated heterocycles. The Balaban J connectivity index is 2.01. The van der Waals surface area contributed by atoms with Crippen molar-refractivity contribution in [2.75, 3.05) is 18.8 Å². The van der Waals surface area contributed by atoms with Crippen LogP contribution >= 0.6 is 0 Å². The molecule has 1 unspecified atom stereocenters. The van der Waals surface area contributed by atoms with Gasteiger partial charge in [-0.25, -0.2) is 4.79 Å². The van der Waals surface area contributed by atoms with Crippen LogP contribution in [0.3, 0.4) is 0 Å². The summed E-state index contributed by atoms with van der Waals surface area (Å²) in [6.07, 6.45) is 2.42. The van der Waals surface area contributed by atoms with Crippen molar-refractivity contribution in [1.82, 2.24) is 4.90 Å². The maximum atomic E-state index is 12.2. The first kappa shape index (κ1) is 15.4. The van der Waals surface area contributed by atoms with E-state index in [4.69, 9.17) is 10.5 Å². The van der Waals surface area contributed by atoms with E-state index in [0.717, 1.165) is 32.4 Å². The van der Waals surface area contributed by atoms with E-state index in [-0.39, 0.29) is 5.91 Å². The average molecular weight is 290 g/mol. The predicted molar refractivity (Wildman–Crippen MR) is 80.9 cm³/mol. The molecule has 5 nitrogen and oxygen atoms in total. The Hall–Kier alpha value is -2.04. The second-order valence-corrected chi connectivity index (χ2v) is 5.45. The molecule has 0 saturated carbocycles. The predicted octanol–water partition coefficient (Wildman–Crippen LogP) is 2.14. The number of esters is 1. The number of benzene rings is 1. The number of nitrogen functional groups attached to an aromatic ring is 1. The molecule has 1 aliphatic heterocycles. The molecule has 2 rings (SSSR count). The standard InChI is InChI=1S/C16H22N2O3/c1-11-13(7-6-8-14(11)17)16(20)21-12(2)15(19)18-9-4-3-5-10-18/h6-8,12H,3-5,9-10,17H2,1-2H3. The van der Waals surface area contributed by atoms with Crippen LogP contribution in [0.4, 0.5) is 5.69 Å². The Morgan fingerprint density at radius 1 is 1.24 bits per heavy atom. The van der Waals surface area contributed by atoms with Crippen LogP contribution in [0.25, 0.3) is 0 Å². The van der Waals surface area contributed by atoms with Gasteiger partial charge in [-0.1, -0.05) is 6.07 Å². The van der Waals surface area contributed by atoms with Gasteiger partial charge in [0.15, 0.2) is 6.10 Å². The minimum Gasteiger partial charge on any atom is -0.449 e. The second-order valence-electron chi connectivity index (χ2n) is 5.45. The van der Waals surface area contributed by atoms with E-state index in [0.29, 0.717) is 16.8 Å². The molecule has 0 spiro atoms. The first-order valence-corrected chi connectivity index (χ1v) is 7.35. The Morgan fingerprint density at radius 3 is 2.57 bits per heavy atom. The minimum absolute atomic E-state index is 0.121. The van der Waals surface area contributed by atoms with Crippen LogP contribution in [0, 0.1) is 6.92 Å². The number of amides is 1. The van der Waals surface area contributed by atoms with Gasteiger partial charge in [-0.3, -0.25) is 4.79 Å². The number of nitrogens with zero attached hydrogens (tertiary/aromatic N) is 1. The van der Waals surface area contributed by atoms with Gasteiger partial charge in [0.05, 0.1) is 5.56 Å². The smallest absolute Gasteiger partial charge is 0.339 e. The summed E-state index contributed by atoms with van der Waals surface area (Å²) >= 11 is 0. The zero-order valence-electron chi connectivity index (χ0n) is 12.6. The molecule has 1 fully saturated rings. The second kappa shape index (κ2) is 6.61. The SMILES string of the molecule is Cc1c(N)cccc1C(=O)OC(C)C(=O)N1CCCCC1. The lowest BCUT2D eigenvalue weighted by atomic mass is 10.1. The fourth-order valence-corrected chi connectivity index (χ4v) is 2.52. The summed E-state index contributed by atoms with van der Waals surface area (Å²) in [4.78, 5) is 26.2.